The van der Waals surface area contributed by atoms with Crippen LogP contribution in [0.15, 0.2) is 18.2 Å². The lowest BCUT2D eigenvalue weighted by Crippen LogP contribution is -2.36. The number of amides is 3. The van der Waals surface area contributed by atoms with Crippen molar-refractivity contribution in [2.24, 2.45) is 5.73 Å². The molecule has 3 amide bonds. The van der Waals surface area contributed by atoms with Gasteiger partial charge in [0.25, 0.3) is 0 Å². The van der Waals surface area contributed by atoms with Gasteiger partial charge >= 0.3 is 12.0 Å². The van der Waals surface area contributed by atoms with Crippen molar-refractivity contribution in [3.05, 3.63) is 23.8 Å². The summed E-state index contributed by atoms with van der Waals surface area (Å²) in [7, 11) is 0. The number of phenols is 1. The maximum Gasteiger partial charge on any atom is 0.339 e. The summed E-state index contributed by atoms with van der Waals surface area (Å²) in [5.74, 6) is -2.46. The van der Waals surface area contributed by atoms with E-state index in [-0.39, 0.29) is 17.8 Å². The second kappa shape index (κ2) is 5.53. The highest BCUT2D eigenvalue weighted by atomic mass is 16.4. The summed E-state index contributed by atoms with van der Waals surface area (Å²) >= 11 is 0. The zero-order valence-corrected chi connectivity index (χ0v) is 9.14. The van der Waals surface area contributed by atoms with Crippen LogP contribution in [0.5, 0.6) is 5.75 Å². The average molecular weight is 253 g/mol. The number of rotatable bonds is 4. The average Bonchev–Trinajstić information content (AvgIpc) is 2.26. The maximum absolute atomic E-state index is 11.2. The van der Waals surface area contributed by atoms with Crippen molar-refractivity contribution in [1.82, 2.24) is 5.32 Å². The lowest BCUT2D eigenvalue weighted by Gasteiger charge is -2.07. The topological polar surface area (TPSA) is 142 Å². The molecule has 0 aromatic heterocycles. The molecular formula is C10H11N3O5. The van der Waals surface area contributed by atoms with Gasteiger partial charge in [0.15, 0.2) is 0 Å². The van der Waals surface area contributed by atoms with E-state index < -0.39 is 23.7 Å². The normalized spacial score (nSPS) is 9.56. The molecule has 18 heavy (non-hydrogen) atoms. The van der Waals surface area contributed by atoms with Crippen LogP contribution in [0.1, 0.15) is 10.4 Å². The smallest absolute Gasteiger partial charge is 0.339 e. The fraction of sp³-hybridized carbons (Fsp3) is 0.100. The van der Waals surface area contributed by atoms with Gasteiger partial charge in [0.1, 0.15) is 11.3 Å². The molecule has 96 valence electrons. The molecule has 8 nitrogen and oxygen atoms in total. The van der Waals surface area contributed by atoms with Crippen LogP contribution in [0.2, 0.25) is 0 Å². The predicted molar refractivity (Wildman–Crippen MR) is 61.3 cm³/mol. The van der Waals surface area contributed by atoms with E-state index in [4.69, 9.17) is 10.8 Å². The van der Waals surface area contributed by atoms with E-state index in [0.29, 0.717) is 0 Å². The van der Waals surface area contributed by atoms with Crippen LogP contribution < -0.4 is 16.4 Å². The Morgan fingerprint density at radius 3 is 2.44 bits per heavy atom. The van der Waals surface area contributed by atoms with E-state index in [2.05, 4.69) is 10.6 Å². The van der Waals surface area contributed by atoms with Crippen molar-refractivity contribution in [3.8, 4) is 5.75 Å². The number of nitrogens with two attached hydrogens (primary N) is 1. The summed E-state index contributed by atoms with van der Waals surface area (Å²) in [4.78, 5) is 32.2. The SMILES string of the molecule is NC(=O)CNC(=O)Nc1ccc(C(=O)O)c(O)c1. The molecular weight excluding hydrogens is 242 g/mol. The van der Waals surface area contributed by atoms with E-state index in [0.717, 1.165) is 12.1 Å². The second-order valence-corrected chi connectivity index (χ2v) is 3.31. The Hall–Kier alpha value is -2.77. The molecule has 0 radical (unpaired) electrons. The highest BCUT2D eigenvalue weighted by Crippen LogP contribution is 2.21. The van der Waals surface area contributed by atoms with Gasteiger partial charge < -0.3 is 26.6 Å². The van der Waals surface area contributed by atoms with Crippen LogP contribution in [0.4, 0.5) is 10.5 Å². The molecule has 0 heterocycles. The molecule has 6 N–H and O–H groups in total. The number of carbonyl (C=O) groups excluding carboxylic acids is 2. The summed E-state index contributed by atoms with van der Waals surface area (Å²) < 4.78 is 0. The summed E-state index contributed by atoms with van der Waals surface area (Å²) in [6.45, 7) is -0.328. The van der Waals surface area contributed by atoms with Gasteiger partial charge in [-0.25, -0.2) is 9.59 Å². The van der Waals surface area contributed by atoms with E-state index in [9.17, 15) is 19.5 Å². The quantitative estimate of drug-likeness (QED) is 0.500. The molecule has 0 saturated heterocycles. The Morgan fingerprint density at radius 1 is 1.28 bits per heavy atom. The van der Waals surface area contributed by atoms with Crippen molar-refractivity contribution >= 4 is 23.6 Å². The molecule has 0 aliphatic heterocycles. The van der Waals surface area contributed by atoms with E-state index in [1.807, 2.05) is 0 Å². The summed E-state index contributed by atoms with van der Waals surface area (Å²) in [5.41, 5.74) is 4.73. The number of carboxylic acid groups (broad SMARTS) is 1. The number of hydrogen-bond acceptors (Lipinski definition) is 4. The van der Waals surface area contributed by atoms with Crippen molar-refractivity contribution in [2.75, 3.05) is 11.9 Å². The third-order valence-corrected chi connectivity index (χ3v) is 1.91. The fourth-order valence-corrected chi connectivity index (χ4v) is 1.13. The number of primary amides is 1. The lowest BCUT2D eigenvalue weighted by atomic mass is 10.2. The van der Waals surface area contributed by atoms with Crippen LogP contribution in [0.25, 0.3) is 0 Å². The van der Waals surface area contributed by atoms with Gasteiger partial charge in [-0.15, -0.1) is 0 Å². The Labute approximate surface area is 101 Å². The fourth-order valence-electron chi connectivity index (χ4n) is 1.13. The number of urea groups is 1. The number of hydrogen-bond donors (Lipinski definition) is 5. The van der Waals surface area contributed by atoms with Crippen molar-refractivity contribution in [3.63, 3.8) is 0 Å². The molecule has 1 aromatic carbocycles. The van der Waals surface area contributed by atoms with Gasteiger partial charge in [-0.1, -0.05) is 0 Å². The standard InChI is InChI=1S/C10H11N3O5/c11-8(15)4-12-10(18)13-5-1-2-6(9(16)17)7(14)3-5/h1-3,14H,4H2,(H2,11,15)(H,16,17)(H2,12,13,18). The van der Waals surface area contributed by atoms with E-state index >= 15 is 0 Å². The van der Waals surface area contributed by atoms with Gasteiger partial charge in [0.05, 0.1) is 6.54 Å². The first-order valence-corrected chi connectivity index (χ1v) is 4.79. The molecule has 0 unspecified atom stereocenters. The van der Waals surface area contributed by atoms with E-state index in [1.165, 1.54) is 6.07 Å². The molecule has 0 aliphatic carbocycles. The van der Waals surface area contributed by atoms with Crippen molar-refractivity contribution in [1.29, 1.82) is 0 Å². The highest BCUT2D eigenvalue weighted by Gasteiger charge is 2.10. The minimum atomic E-state index is -1.28. The van der Waals surface area contributed by atoms with Crippen LogP contribution >= 0.6 is 0 Å². The Balaban J connectivity index is 2.69. The minimum Gasteiger partial charge on any atom is -0.507 e. The maximum atomic E-state index is 11.2. The molecule has 1 aromatic rings. The van der Waals surface area contributed by atoms with Crippen LogP contribution in [-0.2, 0) is 4.79 Å². The predicted octanol–water partition coefficient (Wildman–Crippen LogP) is -0.303. The molecule has 0 aliphatic rings. The first kappa shape index (κ1) is 13.3. The Kier molecular flexibility index (Phi) is 4.08. The minimum absolute atomic E-state index is 0.180. The number of carboxylic acids is 1. The Morgan fingerprint density at radius 2 is 1.94 bits per heavy atom. The van der Waals surface area contributed by atoms with Crippen molar-refractivity contribution < 1.29 is 24.6 Å². The van der Waals surface area contributed by atoms with E-state index in [1.54, 1.807) is 0 Å². The monoisotopic (exact) mass is 253 g/mol. The molecule has 0 spiro atoms. The first-order chi connectivity index (χ1) is 8.40. The summed E-state index contributed by atoms with van der Waals surface area (Å²) in [6, 6.07) is 2.82. The number of benzene rings is 1. The van der Waals surface area contributed by atoms with Gasteiger partial charge in [0, 0.05) is 11.8 Å². The first-order valence-electron chi connectivity index (χ1n) is 4.79. The van der Waals surface area contributed by atoms with Crippen molar-refractivity contribution in [2.45, 2.75) is 0 Å². The van der Waals surface area contributed by atoms with Gasteiger partial charge in [0.2, 0.25) is 5.91 Å². The second-order valence-electron chi connectivity index (χ2n) is 3.31. The third-order valence-electron chi connectivity index (χ3n) is 1.91. The van der Waals surface area contributed by atoms with Crippen LogP contribution in [0.3, 0.4) is 0 Å². The summed E-state index contributed by atoms with van der Waals surface area (Å²) in [6.07, 6.45) is 0. The zero-order valence-electron chi connectivity index (χ0n) is 9.14. The molecule has 0 atom stereocenters. The van der Waals surface area contributed by atoms with Crippen LogP contribution in [-0.4, -0.2) is 34.7 Å². The molecule has 8 heteroatoms. The van der Waals surface area contributed by atoms with Gasteiger partial charge in [-0.3, -0.25) is 4.79 Å². The number of anilines is 1. The van der Waals surface area contributed by atoms with Gasteiger partial charge in [-0.05, 0) is 12.1 Å². The number of nitrogens with one attached hydrogen (secondary N) is 2. The number of carbonyl (C=O) groups is 3. The van der Waals surface area contributed by atoms with Gasteiger partial charge in [-0.2, -0.15) is 0 Å². The van der Waals surface area contributed by atoms with Crippen LogP contribution in [0, 0.1) is 0 Å². The summed E-state index contributed by atoms with van der Waals surface area (Å²) in [5, 5.41) is 22.5. The highest BCUT2D eigenvalue weighted by molar-refractivity contribution is 5.94. The Bertz CT molecular complexity index is 500. The molecule has 0 bridgehead atoms. The molecule has 0 saturated carbocycles. The molecule has 1 rings (SSSR count). The number of aromatic carboxylic acids is 1. The zero-order chi connectivity index (χ0) is 13.7. The largest absolute Gasteiger partial charge is 0.507 e. The lowest BCUT2D eigenvalue weighted by molar-refractivity contribution is -0.117. The molecule has 0 fully saturated rings. The number of aromatic hydroxyl groups is 1. The third kappa shape index (κ3) is 3.67.